The van der Waals surface area contributed by atoms with Crippen LogP contribution in [0.1, 0.15) is 75.7 Å². The van der Waals surface area contributed by atoms with Gasteiger partial charge in [0.15, 0.2) is 0 Å². The molecule has 0 spiro atoms. The first-order chi connectivity index (χ1) is 21.5. The molecule has 1 aromatic rings. The van der Waals surface area contributed by atoms with E-state index in [4.69, 9.17) is 26.6 Å². The lowest BCUT2D eigenvalue weighted by molar-refractivity contribution is -0.137. The van der Waals surface area contributed by atoms with Gasteiger partial charge in [0.05, 0.1) is 12.2 Å². The molecule has 0 bridgehead atoms. The Kier molecular flexibility index (Phi) is 17.6. The summed E-state index contributed by atoms with van der Waals surface area (Å²) in [7, 11) is 0. The average molecular weight is 677 g/mol. The van der Waals surface area contributed by atoms with Crippen molar-refractivity contribution < 1.29 is 52.5 Å². The first kappa shape index (κ1) is 40.0. The smallest absolute Gasteiger partial charge is 0.407 e. The number of hydrogen-bond acceptors (Lipinski definition) is 7. The molecule has 0 aromatic heterocycles. The molecule has 3 unspecified atom stereocenters. The molecule has 0 aliphatic carbocycles. The maximum atomic E-state index is 13.4. The number of halogens is 3. The summed E-state index contributed by atoms with van der Waals surface area (Å²) >= 11 is 6.10. The average Bonchev–Trinajstić information content (AvgIpc) is 2.94. The van der Waals surface area contributed by atoms with Gasteiger partial charge in [-0.25, -0.2) is 18.4 Å². The maximum Gasteiger partial charge on any atom is 0.407 e. The second-order valence-electron chi connectivity index (χ2n) is 11.6. The maximum absolute atomic E-state index is 13.4. The van der Waals surface area contributed by atoms with Crippen molar-refractivity contribution >= 4 is 47.4 Å². The summed E-state index contributed by atoms with van der Waals surface area (Å²) in [5, 5.41) is 28.0. The molecule has 0 fully saturated rings. The highest BCUT2D eigenvalue weighted by atomic mass is 35.5. The molecule has 0 aliphatic rings. The SMILES string of the molecule is CC(C)COC(=O)NC(CCC(=O)O)CC(=O)NC(CC(C)C)C(=O)NC(CC(F)F)C(=O)NCCc1ccc(C(=O)O)cc1Cl. The number of amides is 4. The minimum atomic E-state index is -2.95. The van der Waals surface area contributed by atoms with Crippen LogP contribution < -0.4 is 21.3 Å². The van der Waals surface area contributed by atoms with E-state index in [1.807, 2.05) is 13.8 Å². The molecular formula is C30H43ClF2N4O9. The molecule has 6 N–H and O–H groups in total. The zero-order valence-electron chi connectivity index (χ0n) is 26.2. The molecule has 0 saturated carbocycles. The fourth-order valence-corrected chi connectivity index (χ4v) is 4.44. The molecule has 13 nitrogen and oxygen atoms in total. The van der Waals surface area contributed by atoms with Gasteiger partial charge >= 0.3 is 18.0 Å². The molecule has 258 valence electrons. The van der Waals surface area contributed by atoms with Crippen LogP contribution in [-0.2, 0) is 30.3 Å². The van der Waals surface area contributed by atoms with E-state index in [0.29, 0.717) is 5.56 Å². The minimum Gasteiger partial charge on any atom is -0.481 e. The Balaban J connectivity index is 2.93. The van der Waals surface area contributed by atoms with Gasteiger partial charge < -0.3 is 36.2 Å². The zero-order valence-corrected chi connectivity index (χ0v) is 27.0. The second-order valence-corrected chi connectivity index (χ2v) is 12.0. The van der Waals surface area contributed by atoms with Crippen molar-refractivity contribution in [1.82, 2.24) is 21.3 Å². The lowest BCUT2D eigenvalue weighted by Gasteiger charge is -2.25. The summed E-state index contributed by atoms with van der Waals surface area (Å²) in [6, 6.07) is 0.213. The Morgan fingerprint density at radius 3 is 2.09 bits per heavy atom. The summed E-state index contributed by atoms with van der Waals surface area (Å²) in [5.74, 6) is -4.95. The minimum absolute atomic E-state index is 0.0308. The monoisotopic (exact) mass is 676 g/mol. The number of ether oxygens (including phenoxy) is 1. The molecule has 0 radical (unpaired) electrons. The van der Waals surface area contributed by atoms with E-state index >= 15 is 0 Å². The number of carbonyl (C=O) groups excluding carboxylic acids is 4. The largest absolute Gasteiger partial charge is 0.481 e. The van der Waals surface area contributed by atoms with Gasteiger partial charge in [0.2, 0.25) is 24.1 Å². The van der Waals surface area contributed by atoms with Crippen molar-refractivity contribution in [3.05, 3.63) is 34.3 Å². The number of carboxylic acids is 2. The first-order valence-electron chi connectivity index (χ1n) is 14.8. The van der Waals surface area contributed by atoms with Gasteiger partial charge in [-0.15, -0.1) is 0 Å². The number of alkyl halides is 2. The van der Waals surface area contributed by atoms with Crippen LogP contribution in [-0.4, -0.2) is 83.7 Å². The third kappa shape index (κ3) is 16.3. The quantitative estimate of drug-likeness (QED) is 0.120. The summed E-state index contributed by atoms with van der Waals surface area (Å²) in [6.45, 7) is 7.19. The lowest BCUT2D eigenvalue weighted by Crippen LogP contribution is -2.55. The predicted octanol–water partition coefficient (Wildman–Crippen LogP) is 3.37. The molecule has 0 heterocycles. The normalized spacial score (nSPS) is 13.1. The topological polar surface area (TPSA) is 200 Å². The van der Waals surface area contributed by atoms with E-state index < -0.39 is 73.1 Å². The van der Waals surface area contributed by atoms with Crippen LogP contribution in [0.3, 0.4) is 0 Å². The molecule has 3 atom stereocenters. The van der Waals surface area contributed by atoms with E-state index in [1.165, 1.54) is 18.2 Å². The number of nitrogens with one attached hydrogen (secondary N) is 4. The summed E-state index contributed by atoms with van der Waals surface area (Å²) in [5.41, 5.74) is 0.474. The van der Waals surface area contributed by atoms with Crippen LogP contribution in [0.2, 0.25) is 5.02 Å². The van der Waals surface area contributed by atoms with Crippen molar-refractivity contribution in [1.29, 1.82) is 0 Å². The van der Waals surface area contributed by atoms with Crippen molar-refractivity contribution in [2.75, 3.05) is 13.2 Å². The van der Waals surface area contributed by atoms with Gasteiger partial charge in [-0.2, -0.15) is 0 Å². The van der Waals surface area contributed by atoms with Gasteiger partial charge in [-0.3, -0.25) is 19.2 Å². The summed E-state index contributed by atoms with van der Waals surface area (Å²) in [6.07, 6.45) is -5.44. The standard InChI is InChI=1S/C30H43ClF2N4O9/c1-16(2)11-22(36-25(38)13-20(7-8-26(39)40)35-30(45)46-15-17(3)4)28(42)37-23(14-24(32)33)27(41)34-10-9-18-5-6-19(29(43)44)12-21(18)31/h5-6,12,16-17,20,22-24H,7-11,13-15H2,1-4H3,(H,34,41)(H,35,45)(H,36,38)(H,37,42)(H,39,40)(H,43,44). The third-order valence-electron chi connectivity index (χ3n) is 6.41. The van der Waals surface area contributed by atoms with Crippen molar-refractivity contribution in [3.63, 3.8) is 0 Å². The van der Waals surface area contributed by atoms with Gasteiger partial charge in [-0.05, 0) is 48.8 Å². The molecule has 46 heavy (non-hydrogen) atoms. The van der Waals surface area contributed by atoms with E-state index in [1.54, 1.807) is 13.8 Å². The Labute approximate surface area is 271 Å². The van der Waals surface area contributed by atoms with E-state index in [-0.39, 0.29) is 61.3 Å². The van der Waals surface area contributed by atoms with Crippen LogP contribution in [0.5, 0.6) is 0 Å². The Morgan fingerprint density at radius 1 is 0.891 bits per heavy atom. The highest BCUT2D eigenvalue weighted by molar-refractivity contribution is 6.31. The molecule has 4 amide bonds. The number of rotatable bonds is 20. The van der Waals surface area contributed by atoms with E-state index in [9.17, 15) is 37.5 Å². The van der Waals surface area contributed by atoms with E-state index in [2.05, 4.69) is 21.3 Å². The highest BCUT2D eigenvalue weighted by Gasteiger charge is 2.30. The molecule has 16 heteroatoms. The number of benzene rings is 1. The molecular weight excluding hydrogens is 634 g/mol. The van der Waals surface area contributed by atoms with Gasteiger partial charge in [0.1, 0.15) is 12.1 Å². The molecule has 0 saturated heterocycles. The zero-order chi connectivity index (χ0) is 35.0. The Hall–Kier alpha value is -4.01. The lowest BCUT2D eigenvalue weighted by atomic mass is 10.0. The van der Waals surface area contributed by atoms with Gasteiger partial charge in [-0.1, -0.05) is 45.4 Å². The molecule has 1 rings (SSSR count). The predicted molar refractivity (Wildman–Crippen MR) is 164 cm³/mol. The fraction of sp³-hybridized carbons (Fsp3) is 0.600. The summed E-state index contributed by atoms with van der Waals surface area (Å²) < 4.78 is 31.8. The Bertz CT molecular complexity index is 1220. The fourth-order valence-electron chi connectivity index (χ4n) is 4.16. The van der Waals surface area contributed by atoms with Crippen molar-refractivity contribution in [2.45, 2.75) is 90.8 Å². The number of carboxylic acid groups (broad SMARTS) is 2. The number of aromatic carboxylic acids is 1. The van der Waals surface area contributed by atoms with Crippen LogP contribution >= 0.6 is 11.6 Å². The summed E-state index contributed by atoms with van der Waals surface area (Å²) in [4.78, 5) is 73.2. The Morgan fingerprint density at radius 2 is 1.54 bits per heavy atom. The highest BCUT2D eigenvalue weighted by Crippen LogP contribution is 2.18. The number of aliphatic carboxylic acids is 1. The van der Waals surface area contributed by atoms with Crippen LogP contribution in [0.15, 0.2) is 18.2 Å². The van der Waals surface area contributed by atoms with Crippen LogP contribution in [0.4, 0.5) is 13.6 Å². The second kappa shape index (κ2) is 20.2. The number of alkyl carbamates (subject to hydrolysis) is 1. The van der Waals surface area contributed by atoms with Crippen LogP contribution in [0, 0.1) is 11.8 Å². The molecule has 0 aliphatic heterocycles. The number of hydrogen-bond donors (Lipinski definition) is 6. The number of carbonyl (C=O) groups is 6. The third-order valence-corrected chi connectivity index (χ3v) is 6.76. The van der Waals surface area contributed by atoms with Gasteiger partial charge in [0, 0.05) is 36.9 Å². The van der Waals surface area contributed by atoms with E-state index in [0.717, 1.165) is 0 Å². The molecule has 1 aromatic carbocycles. The van der Waals surface area contributed by atoms with Crippen molar-refractivity contribution in [3.8, 4) is 0 Å². The first-order valence-corrected chi connectivity index (χ1v) is 15.2. The van der Waals surface area contributed by atoms with Gasteiger partial charge in [0.25, 0.3) is 0 Å². The van der Waals surface area contributed by atoms with Crippen LogP contribution in [0.25, 0.3) is 0 Å². The van der Waals surface area contributed by atoms with Crippen molar-refractivity contribution in [2.24, 2.45) is 11.8 Å².